The number of rotatable bonds is 2. The number of nitrogens with zero attached hydrogens (tertiary/aromatic N) is 1. The Morgan fingerprint density at radius 2 is 2.06 bits per heavy atom. The second-order valence-electron chi connectivity index (χ2n) is 4.30. The van der Waals surface area contributed by atoms with Crippen LogP contribution in [0.25, 0.3) is 11.3 Å². The molecule has 0 saturated heterocycles. The first kappa shape index (κ1) is 13.1. The van der Waals surface area contributed by atoms with Crippen molar-refractivity contribution >= 4 is 38.9 Å². The fraction of sp³-hybridized carbons (Fsp3) is 0.308. The first-order valence-electron chi connectivity index (χ1n) is 5.41. The first-order chi connectivity index (χ1) is 7.99. The fourth-order valence-electron chi connectivity index (χ4n) is 1.69. The lowest BCUT2D eigenvalue weighted by Gasteiger charge is -2.06. The van der Waals surface area contributed by atoms with Crippen LogP contribution in [0.15, 0.2) is 22.1 Å². The van der Waals surface area contributed by atoms with E-state index in [1.807, 2.05) is 19.1 Å². The predicted molar refractivity (Wildman–Crippen MR) is 79.1 cm³/mol. The lowest BCUT2D eigenvalue weighted by Crippen LogP contribution is -1.89. The lowest BCUT2D eigenvalue weighted by molar-refractivity contribution is 0.888. The van der Waals surface area contributed by atoms with Crippen LogP contribution in [0.2, 0.25) is 5.02 Å². The molecule has 0 aliphatic heterocycles. The summed E-state index contributed by atoms with van der Waals surface area (Å²) in [6.07, 6.45) is 0. The molecule has 0 aliphatic carbocycles. The Bertz CT molecular complexity index is 548. The number of halogens is 2. The van der Waals surface area contributed by atoms with Gasteiger partial charge >= 0.3 is 0 Å². The maximum Gasteiger partial charge on any atom is 0.160 e. The quantitative estimate of drug-likeness (QED) is 0.692. The molecule has 0 radical (unpaired) electrons. The van der Waals surface area contributed by atoms with Crippen molar-refractivity contribution in [1.82, 2.24) is 4.98 Å². The summed E-state index contributed by atoms with van der Waals surface area (Å²) in [7, 11) is 0. The third-order valence-electron chi connectivity index (χ3n) is 2.58. The standard InChI is InChI=1S/C13H13BrClNS/c1-7(2)12-11(16-13(14)17-12)9-4-5-10(15)8(3)6-9/h4-7H,1-3H3. The van der Waals surface area contributed by atoms with Crippen LogP contribution in [0, 0.1) is 6.92 Å². The van der Waals surface area contributed by atoms with Crippen LogP contribution in [0.5, 0.6) is 0 Å². The summed E-state index contributed by atoms with van der Waals surface area (Å²) in [6, 6.07) is 6.06. The zero-order chi connectivity index (χ0) is 12.6. The van der Waals surface area contributed by atoms with Crippen molar-refractivity contribution in [2.45, 2.75) is 26.7 Å². The van der Waals surface area contributed by atoms with Gasteiger partial charge in [0.05, 0.1) is 5.69 Å². The summed E-state index contributed by atoms with van der Waals surface area (Å²) in [6.45, 7) is 6.39. The van der Waals surface area contributed by atoms with Crippen molar-refractivity contribution in [2.75, 3.05) is 0 Å². The van der Waals surface area contributed by atoms with E-state index < -0.39 is 0 Å². The van der Waals surface area contributed by atoms with E-state index >= 15 is 0 Å². The highest BCUT2D eigenvalue weighted by Crippen LogP contribution is 2.36. The fourth-order valence-corrected chi connectivity index (χ4v) is 3.33. The third-order valence-corrected chi connectivity index (χ3v) is 4.81. The van der Waals surface area contributed by atoms with Crippen LogP contribution in [-0.4, -0.2) is 4.98 Å². The Morgan fingerprint density at radius 1 is 1.35 bits per heavy atom. The smallest absolute Gasteiger partial charge is 0.160 e. The van der Waals surface area contributed by atoms with Crippen LogP contribution >= 0.6 is 38.9 Å². The Balaban J connectivity index is 2.55. The van der Waals surface area contributed by atoms with Gasteiger partial charge in [0.25, 0.3) is 0 Å². The minimum absolute atomic E-state index is 0.477. The molecule has 2 rings (SSSR count). The zero-order valence-electron chi connectivity index (χ0n) is 9.92. The zero-order valence-corrected chi connectivity index (χ0v) is 13.1. The topological polar surface area (TPSA) is 12.9 Å². The van der Waals surface area contributed by atoms with E-state index in [-0.39, 0.29) is 0 Å². The van der Waals surface area contributed by atoms with Crippen molar-refractivity contribution in [1.29, 1.82) is 0 Å². The van der Waals surface area contributed by atoms with Gasteiger partial charge in [-0.2, -0.15) is 0 Å². The van der Waals surface area contributed by atoms with Gasteiger partial charge in [-0.25, -0.2) is 4.98 Å². The van der Waals surface area contributed by atoms with Gasteiger partial charge in [-0.1, -0.05) is 31.5 Å². The Morgan fingerprint density at radius 3 is 2.65 bits per heavy atom. The molecule has 17 heavy (non-hydrogen) atoms. The molecule has 0 fully saturated rings. The Hall–Kier alpha value is -0.380. The SMILES string of the molecule is Cc1cc(-c2nc(Br)sc2C(C)C)ccc1Cl. The summed E-state index contributed by atoms with van der Waals surface area (Å²) < 4.78 is 0.934. The lowest BCUT2D eigenvalue weighted by atomic mass is 10.0. The van der Waals surface area contributed by atoms with Crippen LogP contribution < -0.4 is 0 Å². The minimum atomic E-state index is 0.477. The average molecular weight is 331 g/mol. The van der Waals surface area contributed by atoms with E-state index in [2.05, 4.69) is 40.8 Å². The van der Waals surface area contributed by atoms with E-state index in [1.165, 1.54) is 4.88 Å². The highest BCUT2D eigenvalue weighted by atomic mass is 79.9. The molecule has 0 saturated carbocycles. The molecule has 0 N–H and O–H groups in total. The van der Waals surface area contributed by atoms with Gasteiger partial charge in [-0.15, -0.1) is 11.3 Å². The normalized spacial score (nSPS) is 11.2. The minimum Gasteiger partial charge on any atom is -0.229 e. The molecule has 1 aromatic heterocycles. The van der Waals surface area contributed by atoms with Gasteiger partial charge in [-0.05, 0) is 46.5 Å². The van der Waals surface area contributed by atoms with Crippen molar-refractivity contribution < 1.29 is 0 Å². The molecule has 90 valence electrons. The second-order valence-corrected chi connectivity index (χ2v) is 7.01. The number of aryl methyl sites for hydroxylation is 1. The van der Waals surface area contributed by atoms with Gasteiger partial charge in [0.2, 0.25) is 0 Å². The van der Waals surface area contributed by atoms with Crippen molar-refractivity contribution in [3.8, 4) is 11.3 Å². The van der Waals surface area contributed by atoms with E-state index in [0.717, 1.165) is 25.8 Å². The monoisotopic (exact) mass is 329 g/mol. The van der Waals surface area contributed by atoms with Crippen LogP contribution in [-0.2, 0) is 0 Å². The predicted octanol–water partition coefficient (Wildman–Crippen LogP) is 5.66. The Kier molecular flexibility index (Phi) is 3.91. The molecule has 0 unspecified atom stereocenters. The number of aromatic nitrogens is 1. The van der Waals surface area contributed by atoms with Gasteiger partial charge in [0, 0.05) is 15.5 Å². The third kappa shape index (κ3) is 2.72. The number of benzene rings is 1. The van der Waals surface area contributed by atoms with Crippen LogP contribution in [0.4, 0.5) is 0 Å². The molecule has 1 aromatic carbocycles. The van der Waals surface area contributed by atoms with E-state index in [9.17, 15) is 0 Å². The summed E-state index contributed by atoms with van der Waals surface area (Å²) >= 11 is 11.2. The van der Waals surface area contributed by atoms with E-state index in [4.69, 9.17) is 11.6 Å². The summed E-state index contributed by atoms with van der Waals surface area (Å²) in [5, 5.41) is 0.800. The van der Waals surface area contributed by atoms with Crippen LogP contribution in [0.1, 0.15) is 30.2 Å². The molecule has 0 atom stereocenters. The largest absolute Gasteiger partial charge is 0.229 e. The maximum atomic E-state index is 6.05. The number of hydrogen-bond acceptors (Lipinski definition) is 2. The average Bonchev–Trinajstić information content (AvgIpc) is 2.64. The van der Waals surface area contributed by atoms with Crippen molar-refractivity contribution in [2.24, 2.45) is 0 Å². The van der Waals surface area contributed by atoms with E-state index in [0.29, 0.717) is 5.92 Å². The van der Waals surface area contributed by atoms with Gasteiger partial charge in [-0.3, -0.25) is 0 Å². The van der Waals surface area contributed by atoms with Crippen LogP contribution in [0.3, 0.4) is 0 Å². The maximum absolute atomic E-state index is 6.05. The van der Waals surface area contributed by atoms with Gasteiger partial charge in [0.1, 0.15) is 0 Å². The highest BCUT2D eigenvalue weighted by molar-refractivity contribution is 9.11. The second kappa shape index (κ2) is 5.09. The molecule has 0 aliphatic rings. The molecule has 1 heterocycles. The van der Waals surface area contributed by atoms with Gasteiger partial charge < -0.3 is 0 Å². The van der Waals surface area contributed by atoms with Gasteiger partial charge in [0.15, 0.2) is 3.92 Å². The molecule has 2 aromatic rings. The highest BCUT2D eigenvalue weighted by Gasteiger charge is 2.15. The molecular formula is C13H13BrClNS. The molecule has 0 spiro atoms. The summed E-state index contributed by atoms with van der Waals surface area (Å²) in [5.41, 5.74) is 3.29. The summed E-state index contributed by atoms with van der Waals surface area (Å²) in [4.78, 5) is 5.87. The van der Waals surface area contributed by atoms with Crippen molar-refractivity contribution in [3.63, 3.8) is 0 Å². The number of thiazole rings is 1. The van der Waals surface area contributed by atoms with Crippen molar-refractivity contribution in [3.05, 3.63) is 37.6 Å². The summed E-state index contributed by atoms with van der Waals surface area (Å²) in [5.74, 6) is 0.477. The molecule has 1 nitrogen and oxygen atoms in total. The Labute approximate surface area is 119 Å². The number of hydrogen-bond donors (Lipinski definition) is 0. The molecular weight excluding hydrogens is 318 g/mol. The van der Waals surface area contributed by atoms with E-state index in [1.54, 1.807) is 11.3 Å². The molecule has 0 bridgehead atoms. The molecule has 4 heteroatoms. The molecule has 0 amide bonds. The first-order valence-corrected chi connectivity index (χ1v) is 7.40.